The van der Waals surface area contributed by atoms with Gasteiger partial charge in [0.2, 0.25) is 0 Å². The first kappa shape index (κ1) is 17.8. The van der Waals surface area contributed by atoms with E-state index < -0.39 is 0 Å². The molecule has 1 aliphatic rings. The first-order chi connectivity index (χ1) is 7.65. The molecular weight excluding hydrogens is 202 g/mol. The van der Waals surface area contributed by atoms with Crippen LogP contribution in [0.3, 0.4) is 0 Å². The van der Waals surface area contributed by atoms with Gasteiger partial charge in [-0.05, 0) is 33.0 Å². The lowest BCUT2D eigenvalue weighted by Crippen LogP contribution is -2.33. The highest BCUT2D eigenvalue weighted by Gasteiger charge is 2.23. The van der Waals surface area contributed by atoms with Crippen molar-refractivity contribution in [3.63, 3.8) is 0 Å². The SMILES string of the molecule is CC.CCC.COC(=O)C1CCN(C)CC1. The summed E-state index contributed by atoms with van der Waals surface area (Å²) in [5.41, 5.74) is 0. The van der Waals surface area contributed by atoms with Crippen molar-refractivity contribution >= 4 is 5.97 Å². The number of carbonyl (C=O) groups excluding carboxylic acids is 1. The average molecular weight is 231 g/mol. The molecule has 0 aromatic carbocycles. The first-order valence-electron chi connectivity index (χ1n) is 6.42. The Labute approximate surface area is 101 Å². The number of methoxy groups -OCH3 is 1. The molecule has 0 N–H and O–H groups in total. The lowest BCUT2D eigenvalue weighted by molar-refractivity contribution is -0.146. The van der Waals surface area contributed by atoms with Gasteiger partial charge in [0.1, 0.15) is 0 Å². The molecule has 0 spiro atoms. The van der Waals surface area contributed by atoms with Crippen LogP contribution in [0.1, 0.15) is 47.0 Å². The Bertz CT molecular complexity index is 152. The van der Waals surface area contributed by atoms with Gasteiger partial charge >= 0.3 is 5.97 Å². The van der Waals surface area contributed by atoms with Gasteiger partial charge in [0, 0.05) is 0 Å². The molecule has 1 aliphatic heterocycles. The van der Waals surface area contributed by atoms with Gasteiger partial charge in [-0.1, -0.05) is 34.1 Å². The fourth-order valence-electron chi connectivity index (χ4n) is 1.41. The van der Waals surface area contributed by atoms with Crippen LogP contribution in [-0.4, -0.2) is 38.1 Å². The molecule has 3 nitrogen and oxygen atoms in total. The molecule has 1 heterocycles. The molecule has 98 valence electrons. The Morgan fingerprint density at radius 2 is 1.62 bits per heavy atom. The van der Waals surface area contributed by atoms with Gasteiger partial charge in [0.15, 0.2) is 0 Å². The Hall–Kier alpha value is -0.570. The van der Waals surface area contributed by atoms with E-state index in [1.807, 2.05) is 13.8 Å². The summed E-state index contributed by atoms with van der Waals surface area (Å²) in [6, 6.07) is 0. The van der Waals surface area contributed by atoms with Gasteiger partial charge in [-0.2, -0.15) is 0 Å². The molecule has 3 heteroatoms. The maximum absolute atomic E-state index is 11.0. The molecular formula is C13H29NO2. The molecule has 0 unspecified atom stereocenters. The van der Waals surface area contributed by atoms with Gasteiger partial charge < -0.3 is 9.64 Å². The van der Waals surface area contributed by atoms with E-state index in [1.54, 1.807) is 0 Å². The molecule has 0 saturated carbocycles. The molecule has 1 fully saturated rings. The summed E-state index contributed by atoms with van der Waals surface area (Å²) in [4.78, 5) is 13.3. The highest BCUT2D eigenvalue weighted by atomic mass is 16.5. The lowest BCUT2D eigenvalue weighted by Gasteiger charge is -2.26. The number of likely N-dealkylation sites (tertiary alicyclic amines) is 1. The number of ether oxygens (including phenoxy) is 1. The van der Waals surface area contributed by atoms with Crippen molar-refractivity contribution in [2.75, 3.05) is 27.2 Å². The molecule has 0 bridgehead atoms. The second-order valence-corrected chi connectivity index (χ2v) is 3.81. The molecule has 0 radical (unpaired) electrons. The van der Waals surface area contributed by atoms with E-state index in [0.29, 0.717) is 0 Å². The van der Waals surface area contributed by atoms with E-state index >= 15 is 0 Å². The lowest BCUT2D eigenvalue weighted by atomic mass is 9.98. The van der Waals surface area contributed by atoms with Gasteiger partial charge in [0.05, 0.1) is 13.0 Å². The zero-order valence-electron chi connectivity index (χ0n) is 11.9. The monoisotopic (exact) mass is 231 g/mol. The predicted octanol–water partition coefficient (Wildman–Crippen LogP) is 2.94. The zero-order chi connectivity index (χ0) is 13.0. The summed E-state index contributed by atoms with van der Waals surface area (Å²) in [5, 5.41) is 0. The minimum absolute atomic E-state index is 0.0434. The smallest absolute Gasteiger partial charge is 0.308 e. The van der Waals surface area contributed by atoms with Crippen LogP contribution < -0.4 is 0 Å². The van der Waals surface area contributed by atoms with E-state index in [9.17, 15) is 4.79 Å². The van der Waals surface area contributed by atoms with Crippen LogP contribution in [0.2, 0.25) is 0 Å². The fourth-order valence-corrected chi connectivity index (χ4v) is 1.41. The molecule has 0 aromatic rings. The van der Waals surface area contributed by atoms with Crippen molar-refractivity contribution < 1.29 is 9.53 Å². The van der Waals surface area contributed by atoms with Crippen LogP contribution in [-0.2, 0) is 9.53 Å². The topological polar surface area (TPSA) is 29.5 Å². The van der Waals surface area contributed by atoms with Gasteiger partial charge in [-0.3, -0.25) is 4.79 Å². The summed E-state index contributed by atoms with van der Waals surface area (Å²) >= 11 is 0. The number of piperidine rings is 1. The Morgan fingerprint density at radius 1 is 1.25 bits per heavy atom. The van der Waals surface area contributed by atoms with Crippen LogP contribution >= 0.6 is 0 Å². The standard InChI is InChI=1S/C8H15NO2.C3H8.C2H6/c1-9-5-3-7(4-6-9)8(10)11-2;1-3-2;1-2/h7H,3-6H2,1-2H3;3H2,1-2H3;1-2H3. The minimum Gasteiger partial charge on any atom is -0.469 e. The third kappa shape index (κ3) is 8.72. The summed E-state index contributed by atoms with van der Waals surface area (Å²) < 4.78 is 4.67. The van der Waals surface area contributed by atoms with Gasteiger partial charge in [-0.25, -0.2) is 0 Å². The van der Waals surface area contributed by atoms with E-state index in [4.69, 9.17) is 0 Å². The van der Waals surface area contributed by atoms with Crippen molar-refractivity contribution in [3.05, 3.63) is 0 Å². The largest absolute Gasteiger partial charge is 0.469 e. The molecule has 0 aromatic heterocycles. The van der Waals surface area contributed by atoms with Crippen molar-refractivity contribution in [1.82, 2.24) is 4.90 Å². The number of nitrogens with zero attached hydrogens (tertiary/aromatic N) is 1. The van der Waals surface area contributed by atoms with Gasteiger partial charge in [-0.15, -0.1) is 0 Å². The highest BCUT2D eigenvalue weighted by molar-refractivity contribution is 5.72. The molecule has 1 rings (SSSR count). The maximum Gasteiger partial charge on any atom is 0.308 e. The van der Waals surface area contributed by atoms with Gasteiger partial charge in [0.25, 0.3) is 0 Å². The van der Waals surface area contributed by atoms with Crippen molar-refractivity contribution in [1.29, 1.82) is 0 Å². The van der Waals surface area contributed by atoms with E-state index in [2.05, 4.69) is 30.5 Å². The minimum atomic E-state index is -0.0434. The van der Waals surface area contributed by atoms with E-state index in [1.165, 1.54) is 13.5 Å². The van der Waals surface area contributed by atoms with Crippen LogP contribution in [0.5, 0.6) is 0 Å². The summed E-state index contributed by atoms with van der Waals surface area (Å²) in [6.07, 6.45) is 3.15. The summed E-state index contributed by atoms with van der Waals surface area (Å²) in [6.45, 7) is 10.3. The number of carbonyl (C=O) groups is 1. The van der Waals surface area contributed by atoms with Crippen LogP contribution in [0.15, 0.2) is 0 Å². The van der Waals surface area contributed by atoms with E-state index in [-0.39, 0.29) is 11.9 Å². The molecule has 0 aliphatic carbocycles. The van der Waals surface area contributed by atoms with Crippen LogP contribution in [0, 0.1) is 5.92 Å². The fraction of sp³-hybridized carbons (Fsp3) is 0.923. The number of hydrogen-bond acceptors (Lipinski definition) is 3. The van der Waals surface area contributed by atoms with Crippen LogP contribution in [0.25, 0.3) is 0 Å². The summed E-state index contributed by atoms with van der Waals surface area (Å²) in [7, 11) is 3.54. The quantitative estimate of drug-likeness (QED) is 0.650. The maximum atomic E-state index is 11.0. The van der Waals surface area contributed by atoms with Crippen molar-refractivity contribution in [2.45, 2.75) is 47.0 Å². The third-order valence-electron chi connectivity index (χ3n) is 2.25. The highest BCUT2D eigenvalue weighted by Crippen LogP contribution is 2.16. The Morgan fingerprint density at radius 3 is 1.94 bits per heavy atom. The normalized spacial score (nSPS) is 16.4. The van der Waals surface area contributed by atoms with Crippen molar-refractivity contribution in [2.24, 2.45) is 5.92 Å². The Kier molecular flexibility index (Phi) is 13.9. The Balaban J connectivity index is 0. The molecule has 1 saturated heterocycles. The predicted molar refractivity (Wildman–Crippen MR) is 69.6 cm³/mol. The number of esters is 1. The first-order valence-corrected chi connectivity index (χ1v) is 6.42. The number of hydrogen-bond donors (Lipinski definition) is 0. The van der Waals surface area contributed by atoms with E-state index in [0.717, 1.165) is 25.9 Å². The zero-order valence-corrected chi connectivity index (χ0v) is 11.9. The van der Waals surface area contributed by atoms with Crippen molar-refractivity contribution in [3.8, 4) is 0 Å². The number of rotatable bonds is 1. The third-order valence-corrected chi connectivity index (χ3v) is 2.25. The molecule has 16 heavy (non-hydrogen) atoms. The second-order valence-electron chi connectivity index (χ2n) is 3.81. The second kappa shape index (κ2) is 12.5. The van der Waals surface area contributed by atoms with Crippen LogP contribution in [0.4, 0.5) is 0 Å². The average Bonchev–Trinajstić information content (AvgIpc) is 2.33. The molecule has 0 atom stereocenters. The molecule has 0 amide bonds. The summed E-state index contributed by atoms with van der Waals surface area (Å²) in [5.74, 6) is 0.106.